The highest BCUT2D eigenvalue weighted by molar-refractivity contribution is 9.10. The van der Waals surface area contributed by atoms with Crippen LogP contribution in [0.1, 0.15) is 25.8 Å². The number of nitrogens with zero attached hydrogens (tertiary/aromatic N) is 3. The minimum absolute atomic E-state index is 0.241. The Hall–Kier alpha value is -1.65. The molecular formula is C21H24BrN3. The summed E-state index contributed by atoms with van der Waals surface area (Å²) in [5.74, 6) is 0.665. The van der Waals surface area contributed by atoms with Crippen LogP contribution in [-0.4, -0.2) is 26.5 Å². The highest BCUT2D eigenvalue weighted by atomic mass is 79.9. The van der Waals surface area contributed by atoms with Crippen molar-refractivity contribution in [3.05, 3.63) is 65.0 Å². The summed E-state index contributed by atoms with van der Waals surface area (Å²) in [4.78, 5) is 7.03. The number of pyridine rings is 1. The molecule has 4 heteroatoms. The SMILES string of the molecule is CC1(C)CC(Cn2ccc3cc(Br)ncc32)CN1Cc1ccccc1. The molecule has 0 saturated carbocycles. The van der Waals surface area contributed by atoms with Crippen molar-refractivity contribution >= 4 is 26.8 Å². The maximum absolute atomic E-state index is 4.40. The number of likely N-dealkylation sites (tertiary alicyclic amines) is 1. The van der Waals surface area contributed by atoms with Gasteiger partial charge < -0.3 is 4.57 Å². The summed E-state index contributed by atoms with van der Waals surface area (Å²) < 4.78 is 3.26. The van der Waals surface area contributed by atoms with Crippen molar-refractivity contribution in [2.24, 2.45) is 5.92 Å². The van der Waals surface area contributed by atoms with Crippen LogP contribution in [0.15, 0.2) is 59.5 Å². The number of rotatable bonds is 4. The van der Waals surface area contributed by atoms with Gasteiger partial charge in [0.1, 0.15) is 4.60 Å². The molecule has 1 fully saturated rings. The molecule has 0 N–H and O–H groups in total. The lowest BCUT2D eigenvalue weighted by Gasteiger charge is -2.31. The molecular weight excluding hydrogens is 374 g/mol. The first-order valence-electron chi connectivity index (χ1n) is 8.91. The first kappa shape index (κ1) is 16.8. The molecule has 2 aromatic heterocycles. The first-order chi connectivity index (χ1) is 12.0. The van der Waals surface area contributed by atoms with Gasteiger partial charge in [0.2, 0.25) is 0 Å². The van der Waals surface area contributed by atoms with Crippen LogP contribution in [0.5, 0.6) is 0 Å². The van der Waals surface area contributed by atoms with Crippen LogP contribution in [0, 0.1) is 5.92 Å². The fourth-order valence-corrected chi connectivity index (χ4v) is 4.51. The molecule has 1 atom stereocenters. The number of hydrogen-bond acceptors (Lipinski definition) is 2. The van der Waals surface area contributed by atoms with Gasteiger partial charge in [0.05, 0.1) is 11.7 Å². The second-order valence-corrected chi connectivity index (χ2v) is 8.60. The van der Waals surface area contributed by atoms with Crippen molar-refractivity contribution < 1.29 is 0 Å². The molecule has 3 nitrogen and oxygen atoms in total. The van der Waals surface area contributed by atoms with Crippen molar-refractivity contribution in [2.45, 2.75) is 38.9 Å². The van der Waals surface area contributed by atoms with Crippen molar-refractivity contribution in [3.63, 3.8) is 0 Å². The second kappa shape index (κ2) is 6.58. The van der Waals surface area contributed by atoms with E-state index in [1.807, 2.05) is 6.20 Å². The third kappa shape index (κ3) is 3.51. The fourth-order valence-electron chi connectivity index (χ4n) is 4.16. The van der Waals surface area contributed by atoms with Crippen LogP contribution in [0.25, 0.3) is 10.9 Å². The molecule has 1 aliphatic heterocycles. The Morgan fingerprint density at radius 2 is 2.00 bits per heavy atom. The average Bonchev–Trinajstić information content (AvgIpc) is 3.09. The lowest BCUT2D eigenvalue weighted by molar-refractivity contribution is 0.166. The zero-order chi connectivity index (χ0) is 17.4. The quantitative estimate of drug-likeness (QED) is 0.570. The summed E-state index contributed by atoms with van der Waals surface area (Å²) in [6.45, 7) is 7.99. The second-order valence-electron chi connectivity index (χ2n) is 7.78. The summed E-state index contributed by atoms with van der Waals surface area (Å²) in [7, 11) is 0. The molecule has 1 unspecified atom stereocenters. The Morgan fingerprint density at radius 3 is 2.80 bits per heavy atom. The van der Waals surface area contributed by atoms with Crippen LogP contribution in [0.4, 0.5) is 0 Å². The Bertz CT molecular complexity index is 869. The lowest BCUT2D eigenvalue weighted by atomic mass is 9.96. The number of benzene rings is 1. The number of fused-ring (bicyclic) bond motifs is 1. The van der Waals surface area contributed by atoms with Crippen LogP contribution >= 0.6 is 15.9 Å². The van der Waals surface area contributed by atoms with E-state index in [2.05, 4.69) is 92.9 Å². The summed E-state index contributed by atoms with van der Waals surface area (Å²) in [5.41, 5.74) is 2.87. The molecule has 0 bridgehead atoms. The average molecular weight is 398 g/mol. The fraction of sp³-hybridized carbons (Fsp3) is 0.381. The largest absolute Gasteiger partial charge is 0.346 e. The smallest absolute Gasteiger partial charge is 0.106 e. The molecule has 3 heterocycles. The third-order valence-corrected chi connectivity index (χ3v) is 5.85. The molecule has 0 radical (unpaired) electrons. The normalized spacial score (nSPS) is 20.4. The molecule has 1 aromatic carbocycles. The first-order valence-corrected chi connectivity index (χ1v) is 9.70. The zero-order valence-electron chi connectivity index (χ0n) is 14.8. The van der Waals surface area contributed by atoms with Gasteiger partial charge in [-0.15, -0.1) is 0 Å². The van der Waals surface area contributed by atoms with Crippen molar-refractivity contribution in [1.29, 1.82) is 0 Å². The third-order valence-electron chi connectivity index (χ3n) is 5.42. The van der Waals surface area contributed by atoms with Crippen LogP contribution in [0.2, 0.25) is 0 Å². The van der Waals surface area contributed by atoms with E-state index in [1.54, 1.807) is 0 Å². The van der Waals surface area contributed by atoms with Crippen LogP contribution in [-0.2, 0) is 13.1 Å². The summed E-state index contributed by atoms with van der Waals surface area (Å²) in [6.07, 6.45) is 5.40. The monoisotopic (exact) mass is 397 g/mol. The van der Waals surface area contributed by atoms with Crippen molar-refractivity contribution in [3.8, 4) is 0 Å². The van der Waals surface area contributed by atoms with Gasteiger partial charge in [-0.2, -0.15) is 0 Å². The predicted molar refractivity (Wildman–Crippen MR) is 106 cm³/mol. The van der Waals surface area contributed by atoms with E-state index in [-0.39, 0.29) is 5.54 Å². The maximum atomic E-state index is 4.40. The zero-order valence-corrected chi connectivity index (χ0v) is 16.4. The number of halogens is 1. The molecule has 0 spiro atoms. The lowest BCUT2D eigenvalue weighted by Crippen LogP contribution is -2.37. The maximum Gasteiger partial charge on any atom is 0.106 e. The Morgan fingerprint density at radius 1 is 1.20 bits per heavy atom. The van der Waals surface area contributed by atoms with Crippen molar-refractivity contribution in [2.75, 3.05) is 6.54 Å². The summed E-state index contributed by atoms with van der Waals surface area (Å²) >= 11 is 3.46. The van der Waals surface area contributed by atoms with Gasteiger partial charge in [-0.3, -0.25) is 4.90 Å². The van der Waals surface area contributed by atoms with E-state index < -0.39 is 0 Å². The topological polar surface area (TPSA) is 21.1 Å². The molecule has 25 heavy (non-hydrogen) atoms. The van der Waals surface area contributed by atoms with Crippen molar-refractivity contribution in [1.82, 2.24) is 14.5 Å². The van der Waals surface area contributed by atoms with E-state index in [4.69, 9.17) is 0 Å². The summed E-state index contributed by atoms with van der Waals surface area (Å²) in [5, 5.41) is 1.25. The van der Waals surface area contributed by atoms with Gasteiger partial charge in [0.25, 0.3) is 0 Å². The number of hydrogen-bond donors (Lipinski definition) is 0. The minimum Gasteiger partial charge on any atom is -0.346 e. The van der Waals surface area contributed by atoms with Gasteiger partial charge >= 0.3 is 0 Å². The van der Waals surface area contributed by atoms with Crippen LogP contribution < -0.4 is 0 Å². The molecule has 0 aliphatic carbocycles. The Kier molecular flexibility index (Phi) is 4.42. The van der Waals surface area contributed by atoms with Gasteiger partial charge in [0, 0.05) is 36.8 Å². The van der Waals surface area contributed by atoms with Gasteiger partial charge in [-0.25, -0.2) is 4.98 Å². The molecule has 130 valence electrons. The predicted octanol–water partition coefficient (Wildman–Crippen LogP) is 5.10. The Labute approximate surface area is 157 Å². The molecule has 3 aromatic rings. The van der Waals surface area contributed by atoms with Gasteiger partial charge in [0.15, 0.2) is 0 Å². The van der Waals surface area contributed by atoms with Gasteiger partial charge in [-0.05, 0) is 59.8 Å². The highest BCUT2D eigenvalue weighted by Gasteiger charge is 2.38. The van der Waals surface area contributed by atoms with Crippen LogP contribution in [0.3, 0.4) is 0 Å². The van der Waals surface area contributed by atoms with E-state index in [0.717, 1.165) is 24.2 Å². The van der Waals surface area contributed by atoms with E-state index in [0.29, 0.717) is 5.92 Å². The highest BCUT2D eigenvalue weighted by Crippen LogP contribution is 2.35. The van der Waals surface area contributed by atoms with E-state index in [1.165, 1.54) is 22.9 Å². The molecule has 0 amide bonds. The molecule has 1 aliphatic rings. The molecule has 4 rings (SSSR count). The minimum atomic E-state index is 0.241. The Balaban J connectivity index is 1.50. The van der Waals surface area contributed by atoms with Gasteiger partial charge in [-0.1, -0.05) is 30.3 Å². The molecule has 1 saturated heterocycles. The number of aromatic nitrogens is 2. The summed E-state index contributed by atoms with van der Waals surface area (Å²) in [6, 6.07) is 15.1. The van der Waals surface area contributed by atoms with E-state index in [9.17, 15) is 0 Å². The van der Waals surface area contributed by atoms with E-state index >= 15 is 0 Å². The standard InChI is InChI=1S/C21H24BrN3/c1-21(2)11-17(15-25(21)14-16-6-4-3-5-7-16)13-24-9-8-18-10-20(22)23-12-19(18)24/h3-10,12,17H,11,13-15H2,1-2H3.